The Kier molecular flexibility index (Phi) is 4.43. The molecule has 0 saturated carbocycles. The highest BCUT2D eigenvalue weighted by Gasteiger charge is 2.27. The molecule has 0 radical (unpaired) electrons. The number of morpholine rings is 1. The van der Waals surface area contributed by atoms with E-state index >= 15 is 0 Å². The first-order valence-corrected chi connectivity index (χ1v) is 6.89. The summed E-state index contributed by atoms with van der Waals surface area (Å²) >= 11 is 0. The number of anilines is 1. The Morgan fingerprint density at radius 2 is 1.95 bits per heavy atom. The Labute approximate surface area is 114 Å². The normalized spacial score (nSPS) is 23.2. The summed E-state index contributed by atoms with van der Waals surface area (Å²) in [6.07, 6.45) is 0.193. The van der Waals surface area contributed by atoms with Crippen LogP contribution in [0.15, 0.2) is 24.3 Å². The minimum atomic E-state index is 0.0820. The van der Waals surface area contributed by atoms with Crippen molar-refractivity contribution in [1.29, 1.82) is 0 Å². The SMILES string of the molecule is CCNc1ccccc1C(=O)N1CC(C)OC(C)C1. The van der Waals surface area contributed by atoms with Crippen molar-refractivity contribution < 1.29 is 9.53 Å². The van der Waals surface area contributed by atoms with Crippen LogP contribution in [0.4, 0.5) is 5.69 Å². The first-order chi connectivity index (χ1) is 9.11. The lowest BCUT2D eigenvalue weighted by Crippen LogP contribution is -2.48. The molecule has 4 nitrogen and oxygen atoms in total. The largest absolute Gasteiger partial charge is 0.385 e. The van der Waals surface area contributed by atoms with Gasteiger partial charge in [-0.1, -0.05) is 12.1 Å². The van der Waals surface area contributed by atoms with Gasteiger partial charge in [0.05, 0.1) is 17.8 Å². The molecule has 1 N–H and O–H groups in total. The molecule has 1 saturated heterocycles. The lowest BCUT2D eigenvalue weighted by Gasteiger charge is -2.35. The minimum Gasteiger partial charge on any atom is -0.385 e. The number of amides is 1. The van der Waals surface area contributed by atoms with Gasteiger partial charge in [-0.25, -0.2) is 0 Å². The number of carbonyl (C=O) groups excluding carboxylic acids is 1. The maximum absolute atomic E-state index is 12.6. The molecule has 2 unspecified atom stereocenters. The van der Waals surface area contributed by atoms with Crippen molar-refractivity contribution in [2.75, 3.05) is 25.0 Å². The zero-order valence-electron chi connectivity index (χ0n) is 11.8. The molecule has 19 heavy (non-hydrogen) atoms. The lowest BCUT2D eigenvalue weighted by molar-refractivity contribution is -0.0585. The molecule has 0 aromatic heterocycles. The second-order valence-corrected chi connectivity index (χ2v) is 5.04. The zero-order chi connectivity index (χ0) is 13.8. The number of carbonyl (C=O) groups is 1. The molecule has 4 heteroatoms. The summed E-state index contributed by atoms with van der Waals surface area (Å²) in [6, 6.07) is 7.68. The summed E-state index contributed by atoms with van der Waals surface area (Å²) in [7, 11) is 0. The van der Waals surface area contributed by atoms with Crippen LogP contribution in [-0.4, -0.2) is 42.6 Å². The quantitative estimate of drug-likeness (QED) is 0.909. The fourth-order valence-electron chi connectivity index (χ4n) is 2.53. The van der Waals surface area contributed by atoms with E-state index in [1.807, 2.05) is 49.9 Å². The van der Waals surface area contributed by atoms with E-state index in [-0.39, 0.29) is 18.1 Å². The van der Waals surface area contributed by atoms with Gasteiger partial charge in [-0.3, -0.25) is 4.79 Å². The Bertz CT molecular complexity index is 438. The fraction of sp³-hybridized carbons (Fsp3) is 0.533. The number of hydrogen-bond acceptors (Lipinski definition) is 3. The molecule has 1 amide bonds. The number of benzene rings is 1. The molecule has 1 aromatic carbocycles. The monoisotopic (exact) mass is 262 g/mol. The molecular formula is C15H22N2O2. The third-order valence-electron chi connectivity index (χ3n) is 3.23. The lowest BCUT2D eigenvalue weighted by atomic mass is 10.1. The number of nitrogens with one attached hydrogen (secondary N) is 1. The maximum Gasteiger partial charge on any atom is 0.256 e. The van der Waals surface area contributed by atoms with Crippen molar-refractivity contribution in [1.82, 2.24) is 4.90 Å². The molecule has 1 heterocycles. The average molecular weight is 262 g/mol. The van der Waals surface area contributed by atoms with E-state index in [1.54, 1.807) is 0 Å². The second-order valence-electron chi connectivity index (χ2n) is 5.04. The van der Waals surface area contributed by atoms with Crippen LogP contribution in [0.1, 0.15) is 31.1 Å². The van der Waals surface area contributed by atoms with Crippen molar-refractivity contribution >= 4 is 11.6 Å². The molecule has 1 aliphatic heterocycles. The van der Waals surface area contributed by atoms with E-state index in [4.69, 9.17) is 4.74 Å². The van der Waals surface area contributed by atoms with Crippen molar-refractivity contribution in [2.45, 2.75) is 33.0 Å². The van der Waals surface area contributed by atoms with Crippen LogP contribution in [0, 0.1) is 0 Å². The molecule has 104 valence electrons. The van der Waals surface area contributed by atoms with Crippen LogP contribution in [0.3, 0.4) is 0 Å². The number of nitrogens with zero attached hydrogens (tertiary/aromatic N) is 1. The van der Waals surface area contributed by atoms with Crippen LogP contribution in [-0.2, 0) is 4.74 Å². The van der Waals surface area contributed by atoms with Gasteiger partial charge >= 0.3 is 0 Å². The van der Waals surface area contributed by atoms with Gasteiger partial charge in [0.1, 0.15) is 0 Å². The standard InChI is InChI=1S/C15H22N2O2/c1-4-16-14-8-6-5-7-13(14)15(18)17-9-11(2)19-12(3)10-17/h5-8,11-12,16H,4,9-10H2,1-3H3. The van der Waals surface area contributed by atoms with Gasteiger partial charge in [0, 0.05) is 25.3 Å². The summed E-state index contributed by atoms with van der Waals surface area (Å²) in [6.45, 7) is 8.16. The second kappa shape index (κ2) is 6.06. The van der Waals surface area contributed by atoms with E-state index in [0.29, 0.717) is 13.1 Å². The number of hydrogen-bond donors (Lipinski definition) is 1. The van der Waals surface area contributed by atoms with Crippen molar-refractivity contribution in [3.05, 3.63) is 29.8 Å². The first-order valence-electron chi connectivity index (χ1n) is 6.89. The summed E-state index contributed by atoms with van der Waals surface area (Å²) in [5.41, 5.74) is 1.65. The summed E-state index contributed by atoms with van der Waals surface area (Å²) in [5, 5.41) is 3.24. The summed E-state index contributed by atoms with van der Waals surface area (Å²) in [5.74, 6) is 0.0820. The van der Waals surface area contributed by atoms with E-state index in [0.717, 1.165) is 17.8 Å². The van der Waals surface area contributed by atoms with Crippen LogP contribution >= 0.6 is 0 Å². The van der Waals surface area contributed by atoms with Gasteiger partial charge in [0.25, 0.3) is 5.91 Å². The van der Waals surface area contributed by atoms with Gasteiger partial charge in [0.15, 0.2) is 0 Å². The average Bonchev–Trinajstić information content (AvgIpc) is 2.38. The maximum atomic E-state index is 12.6. The Morgan fingerprint density at radius 1 is 1.32 bits per heavy atom. The van der Waals surface area contributed by atoms with Gasteiger partial charge in [-0.05, 0) is 32.9 Å². The molecular weight excluding hydrogens is 240 g/mol. The summed E-state index contributed by atoms with van der Waals surface area (Å²) in [4.78, 5) is 14.5. The number of rotatable bonds is 3. The Hall–Kier alpha value is -1.55. The van der Waals surface area contributed by atoms with Crippen molar-refractivity contribution in [3.8, 4) is 0 Å². The zero-order valence-corrected chi connectivity index (χ0v) is 11.8. The van der Waals surface area contributed by atoms with Crippen LogP contribution in [0.25, 0.3) is 0 Å². The summed E-state index contributed by atoms with van der Waals surface area (Å²) < 4.78 is 5.67. The molecule has 1 aliphatic rings. The van der Waals surface area contributed by atoms with Crippen LogP contribution < -0.4 is 5.32 Å². The third-order valence-corrected chi connectivity index (χ3v) is 3.23. The molecule has 0 aliphatic carbocycles. The van der Waals surface area contributed by atoms with Crippen LogP contribution in [0.2, 0.25) is 0 Å². The predicted octanol–water partition coefficient (Wildman–Crippen LogP) is 2.37. The van der Waals surface area contributed by atoms with Gasteiger partial charge < -0.3 is 15.0 Å². The Balaban J connectivity index is 2.19. The van der Waals surface area contributed by atoms with E-state index in [1.165, 1.54) is 0 Å². The van der Waals surface area contributed by atoms with Gasteiger partial charge in [0.2, 0.25) is 0 Å². The van der Waals surface area contributed by atoms with Gasteiger partial charge in [-0.15, -0.1) is 0 Å². The van der Waals surface area contributed by atoms with Crippen LogP contribution in [0.5, 0.6) is 0 Å². The topological polar surface area (TPSA) is 41.6 Å². The Morgan fingerprint density at radius 3 is 2.58 bits per heavy atom. The van der Waals surface area contributed by atoms with E-state index in [2.05, 4.69) is 5.32 Å². The molecule has 2 rings (SSSR count). The van der Waals surface area contributed by atoms with E-state index < -0.39 is 0 Å². The predicted molar refractivity (Wildman–Crippen MR) is 76.5 cm³/mol. The van der Waals surface area contributed by atoms with Crippen molar-refractivity contribution in [3.63, 3.8) is 0 Å². The molecule has 0 spiro atoms. The fourth-order valence-corrected chi connectivity index (χ4v) is 2.53. The third kappa shape index (κ3) is 3.26. The van der Waals surface area contributed by atoms with E-state index in [9.17, 15) is 4.79 Å². The highest BCUT2D eigenvalue weighted by atomic mass is 16.5. The smallest absolute Gasteiger partial charge is 0.256 e. The molecule has 1 fully saturated rings. The minimum absolute atomic E-state index is 0.0820. The highest BCUT2D eigenvalue weighted by Crippen LogP contribution is 2.20. The molecule has 2 atom stereocenters. The highest BCUT2D eigenvalue weighted by molar-refractivity contribution is 5.99. The molecule has 1 aromatic rings. The first kappa shape index (κ1) is 13.9. The number of ether oxygens (including phenoxy) is 1. The van der Waals surface area contributed by atoms with Gasteiger partial charge in [-0.2, -0.15) is 0 Å². The number of para-hydroxylation sites is 1. The van der Waals surface area contributed by atoms with Crippen molar-refractivity contribution in [2.24, 2.45) is 0 Å². The molecule has 0 bridgehead atoms.